The van der Waals surface area contributed by atoms with Crippen molar-refractivity contribution in [2.24, 2.45) is 0 Å². The van der Waals surface area contributed by atoms with E-state index in [1.807, 2.05) is 18.2 Å². The molecule has 3 aromatic heterocycles. The molecule has 3 heterocycles. The van der Waals surface area contributed by atoms with Crippen molar-refractivity contribution >= 4 is 82.7 Å². The molecule has 58 heavy (non-hydrogen) atoms. The summed E-state index contributed by atoms with van der Waals surface area (Å²) < 4.78 is 15.4. The van der Waals surface area contributed by atoms with Crippen LogP contribution in [0.1, 0.15) is 0 Å². The number of para-hydroxylation sites is 3. The monoisotopic (exact) mass is 742 g/mol. The summed E-state index contributed by atoms with van der Waals surface area (Å²) in [4.78, 5) is 2.29. The Kier molecular flexibility index (Phi) is 7.20. The van der Waals surface area contributed by atoms with Gasteiger partial charge in [-0.1, -0.05) is 121 Å². The van der Waals surface area contributed by atoms with Crippen molar-refractivity contribution in [1.82, 2.24) is 4.57 Å². The van der Waals surface area contributed by atoms with E-state index in [0.717, 1.165) is 83.2 Å². The molecule has 0 aliphatic carbocycles. The molecule has 0 bridgehead atoms. The van der Waals surface area contributed by atoms with Gasteiger partial charge < -0.3 is 18.3 Å². The van der Waals surface area contributed by atoms with Crippen LogP contribution in [0.2, 0.25) is 0 Å². The molecule has 0 fully saturated rings. The molecule has 4 nitrogen and oxygen atoms in total. The van der Waals surface area contributed by atoms with Gasteiger partial charge in [0.15, 0.2) is 0 Å². The number of fused-ring (bicyclic) bond motifs is 9. The van der Waals surface area contributed by atoms with Gasteiger partial charge in [0.1, 0.15) is 22.3 Å². The number of hydrogen-bond acceptors (Lipinski definition) is 3. The number of furan rings is 2. The highest BCUT2D eigenvalue weighted by molar-refractivity contribution is 6.27. The zero-order chi connectivity index (χ0) is 38.2. The topological polar surface area (TPSA) is 34.5 Å². The van der Waals surface area contributed by atoms with Gasteiger partial charge in [-0.2, -0.15) is 0 Å². The minimum atomic E-state index is 0.863. The molecule has 12 rings (SSSR count). The summed E-state index contributed by atoms with van der Waals surface area (Å²) in [5.41, 5.74) is 14.6. The van der Waals surface area contributed by atoms with Crippen LogP contribution < -0.4 is 4.90 Å². The van der Waals surface area contributed by atoms with Gasteiger partial charge >= 0.3 is 0 Å². The van der Waals surface area contributed by atoms with Crippen molar-refractivity contribution in [1.29, 1.82) is 0 Å². The number of anilines is 3. The van der Waals surface area contributed by atoms with E-state index in [4.69, 9.17) is 8.83 Å². The highest BCUT2D eigenvalue weighted by atomic mass is 16.3. The maximum atomic E-state index is 6.67. The second-order valence-electron chi connectivity index (χ2n) is 14.9. The molecule has 0 radical (unpaired) electrons. The third-order valence-electron chi connectivity index (χ3n) is 11.6. The quantitative estimate of drug-likeness (QED) is 0.170. The molecular formula is C54H34N2O2. The molecular weight excluding hydrogens is 709 g/mol. The molecule has 4 heteroatoms. The molecule has 0 N–H and O–H groups in total. The second kappa shape index (κ2) is 12.9. The molecule has 0 amide bonds. The van der Waals surface area contributed by atoms with E-state index in [9.17, 15) is 0 Å². The third-order valence-corrected chi connectivity index (χ3v) is 11.6. The van der Waals surface area contributed by atoms with Gasteiger partial charge in [-0.3, -0.25) is 0 Å². The molecule has 12 aromatic rings. The summed E-state index contributed by atoms with van der Waals surface area (Å²) in [5.74, 6) is 0. The Morgan fingerprint density at radius 3 is 1.67 bits per heavy atom. The fraction of sp³-hybridized carbons (Fsp3) is 0. The highest BCUT2D eigenvalue weighted by Gasteiger charge is 2.24. The Balaban J connectivity index is 1.10. The lowest BCUT2D eigenvalue weighted by molar-refractivity contribution is 0.668. The SMILES string of the molecule is c1ccc(-c2ccc3c(c2)c2c(-c4ccccc4)c4c(cc2n3-c2ccc(N(c3ccccc3)c3ccc5c(c3)oc3ccccc35)cc2)oc2ccccc24)cc1. The summed E-state index contributed by atoms with van der Waals surface area (Å²) in [6.07, 6.45) is 0. The van der Waals surface area contributed by atoms with Crippen LogP contribution in [-0.4, -0.2) is 4.57 Å². The van der Waals surface area contributed by atoms with E-state index in [0.29, 0.717) is 0 Å². The normalized spacial score (nSPS) is 11.8. The molecule has 0 unspecified atom stereocenters. The molecule has 0 aliphatic heterocycles. The van der Waals surface area contributed by atoms with E-state index < -0.39 is 0 Å². The first-order valence-corrected chi connectivity index (χ1v) is 19.7. The van der Waals surface area contributed by atoms with Crippen molar-refractivity contribution in [3.8, 4) is 27.9 Å². The minimum absolute atomic E-state index is 0.863. The smallest absolute Gasteiger partial charge is 0.138 e. The minimum Gasteiger partial charge on any atom is -0.456 e. The average Bonchev–Trinajstić information content (AvgIpc) is 3.96. The summed E-state index contributed by atoms with van der Waals surface area (Å²) >= 11 is 0. The largest absolute Gasteiger partial charge is 0.456 e. The Bertz CT molecular complexity index is 3490. The Morgan fingerprint density at radius 1 is 0.328 bits per heavy atom. The average molecular weight is 743 g/mol. The molecule has 9 aromatic carbocycles. The number of hydrogen-bond donors (Lipinski definition) is 0. The predicted octanol–water partition coefficient (Wildman–Crippen LogP) is 15.4. The molecule has 272 valence electrons. The van der Waals surface area contributed by atoms with Crippen molar-refractivity contribution in [2.75, 3.05) is 4.90 Å². The van der Waals surface area contributed by atoms with E-state index in [-0.39, 0.29) is 0 Å². The van der Waals surface area contributed by atoms with Gasteiger partial charge in [0.25, 0.3) is 0 Å². The summed E-state index contributed by atoms with van der Waals surface area (Å²) in [5, 5.41) is 6.87. The Labute approximate surface area is 334 Å². The van der Waals surface area contributed by atoms with Crippen LogP contribution in [0.25, 0.3) is 93.6 Å². The lowest BCUT2D eigenvalue weighted by Gasteiger charge is -2.25. The van der Waals surface area contributed by atoms with Gasteiger partial charge in [0.2, 0.25) is 0 Å². The van der Waals surface area contributed by atoms with E-state index in [1.165, 1.54) is 27.5 Å². The lowest BCUT2D eigenvalue weighted by atomic mass is 9.93. The maximum absolute atomic E-state index is 6.67. The molecule has 0 saturated carbocycles. The van der Waals surface area contributed by atoms with Crippen molar-refractivity contribution in [3.63, 3.8) is 0 Å². The van der Waals surface area contributed by atoms with Crippen LogP contribution in [0.4, 0.5) is 17.1 Å². The Morgan fingerprint density at radius 2 is 0.914 bits per heavy atom. The zero-order valence-corrected chi connectivity index (χ0v) is 31.3. The Hall–Kier alpha value is -7.82. The van der Waals surface area contributed by atoms with Crippen LogP contribution in [0.3, 0.4) is 0 Å². The first-order valence-electron chi connectivity index (χ1n) is 19.7. The fourth-order valence-electron chi connectivity index (χ4n) is 8.99. The van der Waals surface area contributed by atoms with Crippen LogP contribution in [0.15, 0.2) is 215 Å². The van der Waals surface area contributed by atoms with Crippen LogP contribution in [0, 0.1) is 0 Å². The summed E-state index contributed by atoms with van der Waals surface area (Å²) in [7, 11) is 0. The van der Waals surface area contributed by atoms with Gasteiger partial charge in [-0.25, -0.2) is 0 Å². The fourth-order valence-corrected chi connectivity index (χ4v) is 8.99. The zero-order valence-electron chi connectivity index (χ0n) is 31.3. The summed E-state index contributed by atoms with van der Waals surface area (Å²) in [6.45, 7) is 0. The molecule has 0 atom stereocenters. The van der Waals surface area contributed by atoms with Crippen molar-refractivity contribution < 1.29 is 8.83 Å². The van der Waals surface area contributed by atoms with Gasteiger partial charge in [-0.05, 0) is 89.5 Å². The van der Waals surface area contributed by atoms with Crippen molar-refractivity contribution in [2.45, 2.75) is 0 Å². The number of benzene rings is 9. The van der Waals surface area contributed by atoms with Crippen LogP contribution >= 0.6 is 0 Å². The van der Waals surface area contributed by atoms with Crippen LogP contribution in [-0.2, 0) is 0 Å². The van der Waals surface area contributed by atoms with Gasteiger partial charge in [-0.15, -0.1) is 0 Å². The molecule has 0 spiro atoms. The number of rotatable bonds is 6. The lowest BCUT2D eigenvalue weighted by Crippen LogP contribution is -2.09. The highest BCUT2D eigenvalue weighted by Crippen LogP contribution is 2.47. The van der Waals surface area contributed by atoms with E-state index in [1.54, 1.807) is 0 Å². The standard InChI is InChI=1S/C54H34N2O2/c1-4-14-35(15-5-1)37-24-31-46-45(32-37)53-47(34-51-54(44-21-11-13-23-49(44)58-51)52(53)36-16-6-2-7-17-36)56(46)40-27-25-39(26-28-40)55(38-18-8-3-9-19-38)41-29-30-43-42-20-10-12-22-48(42)57-50(43)33-41/h1-34H. The molecule has 0 saturated heterocycles. The first kappa shape index (κ1) is 32.4. The van der Waals surface area contributed by atoms with E-state index in [2.05, 4.69) is 198 Å². The third kappa shape index (κ3) is 5.02. The van der Waals surface area contributed by atoms with Crippen molar-refractivity contribution in [3.05, 3.63) is 206 Å². The molecule has 0 aliphatic rings. The number of aromatic nitrogens is 1. The van der Waals surface area contributed by atoms with Crippen LogP contribution in [0.5, 0.6) is 0 Å². The van der Waals surface area contributed by atoms with Gasteiger partial charge in [0, 0.05) is 72.8 Å². The van der Waals surface area contributed by atoms with Gasteiger partial charge in [0.05, 0.1) is 11.0 Å². The summed E-state index contributed by atoms with van der Waals surface area (Å²) in [6, 6.07) is 73.1. The maximum Gasteiger partial charge on any atom is 0.138 e. The number of nitrogens with zero attached hydrogens (tertiary/aromatic N) is 2. The first-order chi connectivity index (χ1) is 28.8. The van der Waals surface area contributed by atoms with E-state index >= 15 is 0 Å². The predicted molar refractivity (Wildman–Crippen MR) is 241 cm³/mol. The second-order valence-corrected chi connectivity index (χ2v) is 14.9.